The quantitative estimate of drug-likeness (QED) is 0.472. The largest absolute Gasteiger partial charge is 0.485 e. The van der Waals surface area contributed by atoms with Gasteiger partial charge in [0.25, 0.3) is 0 Å². The molecule has 0 radical (unpaired) electrons. The van der Waals surface area contributed by atoms with E-state index in [4.69, 9.17) is 21.1 Å². The number of rotatable bonds is 7. The number of H-pyrrole nitrogens is 1. The van der Waals surface area contributed by atoms with Gasteiger partial charge in [-0.15, -0.1) is 11.3 Å². The maximum absolute atomic E-state index is 11.2. The average molecular weight is 462 g/mol. The number of aromatic nitrogens is 3. The monoisotopic (exact) mass is 461 g/mol. The molecule has 1 saturated carbocycles. The van der Waals surface area contributed by atoms with Gasteiger partial charge < -0.3 is 9.47 Å². The lowest BCUT2D eigenvalue weighted by Crippen LogP contribution is -2.03. The summed E-state index contributed by atoms with van der Waals surface area (Å²) in [4.78, 5) is 19.2. The molecule has 1 N–H and O–H groups in total. The van der Waals surface area contributed by atoms with Gasteiger partial charge in [0.15, 0.2) is 5.82 Å². The number of ether oxygens (including phenoxy) is 2. The zero-order chi connectivity index (χ0) is 21.8. The second-order valence-corrected chi connectivity index (χ2v) is 9.00. The third-order valence-corrected chi connectivity index (χ3v) is 6.78. The molecule has 1 fully saturated rings. The van der Waals surface area contributed by atoms with Crippen molar-refractivity contribution in [3.63, 3.8) is 0 Å². The first-order chi connectivity index (χ1) is 15.0. The van der Waals surface area contributed by atoms with E-state index in [-0.39, 0.29) is 11.9 Å². The molecular weight excluding hydrogens is 438 g/mol. The molecule has 164 valence electrons. The average Bonchev–Trinajstić information content (AvgIpc) is 3.39. The Labute approximate surface area is 189 Å². The molecule has 9 heteroatoms. The molecule has 1 atom stereocenters. The predicted octanol–water partition coefficient (Wildman–Crippen LogP) is 5.88. The fraction of sp³-hybridized carbons (Fsp3) is 0.409. The number of nitrogens with zero attached hydrogens (tertiary/aromatic N) is 2. The van der Waals surface area contributed by atoms with Gasteiger partial charge >= 0.3 is 5.76 Å². The summed E-state index contributed by atoms with van der Waals surface area (Å²) < 4.78 is 16.1. The van der Waals surface area contributed by atoms with Crippen LogP contribution in [0.2, 0.25) is 5.02 Å². The Balaban J connectivity index is 1.48. The number of hydrogen-bond acceptors (Lipinski definition) is 7. The SMILES string of the molecule is COc1nc(C=CC2CCCCC2)sc1C(C)Oc1ccc(-c2noc(=O)[nH]2)c(Cl)c1. The minimum absolute atomic E-state index is 0.271. The Hall–Kier alpha value is -2.58. The van der Waals surface area contributed by atoms with Gasteiger partial charge in [-0.3, -0.25) is 9.51 Å². The third kappa shape index (κ3) is 5.19. The van der Waals surface area contributed by atoms with Gasteiger partial charge in [-0.25, -0.2) is 9.78 Å². The fourth-order valence-corrected chi connectivity index (χ4v) is 4.91. The smallest absolute Gasteiger partial charge is 0.439 e. The molecular formula is C22H24ClN3O4S. The molecule has 1 unspecified atom stereocenters. The second-order valence-electron chi connectivity index (χ2n) is 7.53. The first kappa shape index (κ1) is 21.6. The molecule has 0 bridgehead atoms. The van der Waals surface area contributed by atoms with E-state index in [2.05, 4.69) is 31.8 Å². The highest BCUT2D eigenvalue weighted by Crippen LogP contribution is 2.36. The molecule has 2 heterocycles. The van der Waals surface area contributed by atoms with Crippen LogP contribution in [0.4, 0.5) is 0 Å². The van der Waals surface area contributed by atoms with Crippen molar-refractivity contribution in [2.45, 2.75) is 45.1 Å². The van der Waals surface area contributed by atoms with Crippen LogP contribution in [-0.4, -0.2) is 22.2 Å². The van der Waals surface area contributed by atoms with Gasteiger partial charge in [-0.2, -0.15) is 0 Å². The highest BCUT2D eigenvalue weighted by atomic mass is 35.5. The molecule has 3 aromatic rings. The molecule has 2 aromatic heterocycles. The minimum Gasteiger partial charge on any atom is -0.485 e. The van der Waals surface area contributed by atoms with Crippen LogP contribution < -0.4 is 15.2 Å². The lowest BCUT2D eigenvalue weighted by Gasteiger charge is -2.17. The summed E-state index contributed by atoms with van der Waals surface area (Å²) in [6.07, 6.45) is 10.6. The summed E-state index contributed by atoms with van der Waals surface area (Å²) in [6.45, 7) is 1.95. The molecule has 0 saturated heterocycles. The number of halogens is 1. The van der Waals surface area contributed by atoms with Crippen molar-refractivity contribution in [2.75, 3.05) is 7.11 Å². The molecule has 0 aliphatic heterocycles. The molecule has 1 aromatic carbocycles. The fourth-order valence-electron chi connectivity index (χ4n) is 3.72. The van der Waals surface area contributed by atoms with E-state index in [1.807, 2.05) is 6.92 Å². The number of allylic oxidation sites excluding steroid dienone is 1. The standard InChI is InChI=1S/C22H24ClN3O4S/c1-13(29-15-9-10-16(17(23)12-15)20-25-22(27)30-26-20)19-21(28-2)24-18(31-19)11-8-14-6-4-3-5-7-14/h8-14H,3-7H2,1-2H3,(H,25,26,27). The van der Waals surface area contributed by atoms with Gasteiger partial charge in [0.05, 0.1) is 12.1 Å². The van der Waals surface area contributed by atoms with Crippen molar-refractivity contribution in [1.82, 2.24) is 15.1 Å². The number of aromatic amines is 1. The van der Waals surface area contributed by atoms with Crippen molar-refractivity contribution >= 4 is 29.0 Å². The van der Waals surface area contributed by atoms with E-state index in [1.54, 1.807) is 36.6 Å². The molecule has 1 aliphatic rings. The molecule has 4 rings (SSSR count). The van der Waals surface area contributed by atoms with Crippen molar-refractivity contribution in [2.24, 2.45) is 5.92 Å². The highest BCUT2D eigenvalue weighted by Gasteiger charge is 2.20. The second kappa shape index (κ2) is 9.70. The first-order valence-corrected chi connectivity index (χ1v) is 11.5. The van der Waals surface area contributed by atoms with Crippen LogP contribution in [0.1, 0.15) is 55.0 Å². The zero-order valence-corrected chi connectivity index (χ0v) is 19.0. The van der Waals surface area contributed by atoms with Crippen LogP contribution in [0.15, 0.2) is 33.6 Å². The third-order valence-electron chi connectivity index (χ3n) is 5.31. The van der Waals surface area contributed by atoms with Gasteiger partial charge in [0.2, 0.25) is 5.88 Å². The lowest BCUT2D eigenvalue weighted by molar-refractivity contribution is 0.224. The van der Waals surface area contributed by atoms with Crippen LogP contribution in [-0.2, 0) is 0 Å². The topological polar surface area (TPSA) is 90.2 Å². The Morgan fingerprint density at radius 2 is 2.13 bits per heavy atom. The number of methoxy groups -OCH3 is 1. The number of hydrogen-bond donors (Lipinski definition) is 1. The first-order valence-electron chi connectivity index (χ1n) is 10.3. The minimum atomic E-state index is -0.634. The molecule has 31 heavy (non-hydrogen) atoms. The van der Waals surface area contributed by atoms with Crippen molar-refractivity contribution in [3.05, 3.63) is 49.7 Å². The van der Waals surface area contributed by atoms with Crippen molar-refractivity contribution in [1.29, 1.82) is 0 Å². The van der Waals surface area contributed by atoms with Gasteiger partial charge in [0.1, 0.15) is 21.7 Å². The Morgan fingerprint density at radius 1 is 1.32 bits per heavy atom. The molecule has 7 nitrogen and oxygen atoms in total. The summed E-state index contributed by atoms with van der Waals surface area (Å²) in [5.74, 6) is 1.44. The Kier molecular flexibility index (Phi) is 6.77. The number of nitrogens with one attached hydrogen (secondary N) is 1. The van der Waals surface area contributed by atoms with Crippen LogP contribution in [0.5, 0.6) is 11.6 Å². The summed E-state index contributed by atoms with van der Waals surface area (Å²) in [5, 5.41) is 4.97. The molecule has 0 spiro atoms. The van der Waals surface area contributed by atoms with E-state index in [9.17, 15) is 4.79 Å². The number of benzene rings is 1. The van der Waals surface area contributed by atoms with E-state index in [0.717, 1.165) is 9.88 Å². The lowest BCUT2D eigenvalue weighted by atomic mass is 9.89. The van der Waals surface area contributed by atoms with Crippen molar-refractivity contribution < 1.29 is 14.0 Å². The summed E-state index contributed by atoms with van der Waals surface area (Å²) in [6, 6.07) is 5.17. The summed E-state index contributed by atoms with van der Waals surface area (Å²) in [5.41, 5.74) is 0.554. The van der Waals surface area contributed by atoms with Crippen LogP contribution >= 0.6 is 22.9 Å². The maximum atomic E-state index is 11.2. The Bertz CT molecular complexity index is 1110. The predicted molar refractivity (Wildman–Crippen MR) is 121 cm³/mol. The molecule has 1 aliphatic carbocycles. The number of thiazole rings is 1. The van der Waals surface area contributed by atoms with Gasteiger partial charge in [0, 0.05) is 5.56 Å². The van der Waals surface area contributed by atoms with Gasteiger partial charge in [-0.1, -0.05) is 42.1 Å². The van der Waals surface area contributed by atoms with Crippen molar-refractivity contribution in [3.8, 4) is 23.0 Å². The van der Waals surface area contributed by atoms with E-state index in [0.29, 0.717) is 28.1 Å². The van der Waals surface area contributed by atoms with E-state index >= 15 is 0 Å². The normalized spacial score (nSPS) is 16.0. The van der Waals surface area contributed by atoms with Gasteiger partial charge in [-0.05, 0) is 50.0 Å². The zero-order valence-electron chi connectivity index (χ0n) is 17.4. The highest BCUT2D eigenvalue weighted by molar-refractivity contribution is 7.12. The molecule has 0 amide bonds. The summed E-state index contributed by atoms with van der Waals surface area (Å²) >= 11 is 7.92. The summed E-state index contributed by atoms with van der Waals surface area (Å²) in [7, 11) is 1.62. The van der Waals surface area contributed by atoms with E-state index < -0.39 is 5.76 Å². The Morgan fingerprint density at radius 3 is 2.81 bits per heavy atom. The van der Waals surface area contributed by atoms with Crippen LogP contribution in [0, 0.1) is 5.92 Å². The maximum Gasteiger partial charge on any atom is 0.439 e. The van der Waals surface area contributed by atoms with E-state index in [1.165, 1.54) is 32.1 Å². The van der Waals surface area contributed by atoms with Crippen LogP contribution in [0.25, 0.3) is 17.5 Å². The van der Waals surface area contributed by atoms with Crippen LogP contribution in [0.3, 0.4) is 0 Å².